The molecule has 2 aromatic carbocycles. The molecule has 7 heteroatoms. The Morgan fingerprint density at radius 2 is 1.93 bits per heavy atom. The number of hydrogen-bond donors (Lipinski definition) is 0. The number of fused-ring (bicyclic) bond motifs is 3. The van der Waals surface area contributed by atoms with Crippen molar-refractivity contribution in [1.82, 2.24) is 5.01 Å². The van der Waals surface area contributed by atoms with Gasteiger partial charge in [0.2, 0.25) is 6.23 Å². The molecule has 0 fully saturated rings. The number of hydrazone groups is 1. The van der Waals surface area contributed by atoms with Gasteiger partial charge in [0.05, 0.1) is 21.7 Å². The van der Waals surface area contributed by atoms with Gasteiger partial charge in [-0.2, -0.15) is 5.10 Å². The average Bonchev–Trinajstić information content (AvgIpc) is 3.31. The maximum atomic E-state index is 6.47. The van der Waals surface area contributed by atoms with E-state index in [9.17, 15) is 0 Å². The van der Waals surface area contributed by atoms with Gasteiger partial charge >= 0.3 is 0 Å². The molecule has 3 aromatic rings. The number of halogens is 3. The van der Waals surface area contributed by atoms with Gasteiger partial charge in [0.25, 0.3) is 0 Å². The lowest BCUT2D eigenvalue weighted by Crippen LogP contribution is -2.33. The van der Waals surface area contributed by atoms with Crippen LogP contribution in [0.4, 0.5) is 0 Å². The fraction of sp³-hybridized carbons (Fsp3) is 0.150. The highest BCUT2D eigenvalue weighted by Crippen LogP contribution is 2.51. The fourth-order valence-corrected chi connectivity index (χ4v) is 5.06. The molecule has 0 bridgehead atoms. The van der Waals surface area contributed by atoms with E-state index in [2.05, 4.69) is 11.4 Å². The van der Waals surface area contributed by atoms with Crippen LogP contribution in [0.1, 0.15) is 34.7 Å². The number of ether oxygens (including phenoxy) is 1. The minimum absolute atomic E-state index is 0.00558. The summed E-state index contributed by atoms with van der Waals surface area (Å²) >= 11 is 20.6. The van der Waals surface area contributed by atoms with Crippen molar-refractivity contribution in [3.05, 3.63) is 85.0 Å². The Labute approximate surface area is 175 Å². The van der Waals surface area contributed by atoms with Crippen LogP contribution in [-0.4, -0.2) is 10.7 Å². The molecule has 2 atom stereocenters. The molecule has 0 aliphatic carbocycles. The van der Waals surface area contributed by atoms with E-state index in [1.807, 2.05) is 41.4 Å². The third kappa shape index (κ3) is 3.01. The Balaban J connectivity index is 1.65. The molecule has 136 valence electrons. The van der Waals surface area contributed by atoms with E-state index in [4.69, 9.17) is 44.6 Å². The standard InChI is InChI=1S/C20H13Cl3N2OS/c21-12-4-1-3-11(7-12)20-25-17(10-16(24-25)18-5-2-6-27-18)14-8-13(22)9-15(23)19(14)26-20/h1-9,17,20H,10H2/t17-,20-/m1/s1. The quantitative estimate of drug-likeness (QED) is 0.435. The number of rotatable bonds is 2. The fourth-order valence-electron chi connectivity index (χ4n) is 3.59. The Bertz CT molecular complexity index is 1050. The van der Waals surface area contributed by atoms with Crippen LogP contribution in [0.5, 0.6) is 5.75 Å². The van der Waals surface area contributed by atoms with Crippen LogP contribution in [-0.2, 0) is 0 Å². The number of hydrogen-bond acceptors (Lipinski definition) is 4. The summed E-state index contributed by atoms with van der Waals surface area (Å²) < 4.78 is 6.31. The molecule has 2 aliphatic heterocycles. The van der Waals surface area contributed by atoms with Crippen LogP contribution in [0.3, 0.4) is 0 Å². The lowest BCUT2D eigenvalue weighted by Gasteiger charge is -2.38. The largest absolute Gasteiger partial charge is 0.463 e. The molecule has 0 spiro atoms. The number of nitrogens with zero attached hydrogens (tertiary/aromatic N) is 2. The molecular weight excluding hydrogens is 423 g/mol. The second-order valence-electron chi connectivity index (χ2n) is 6.46. The van der Waals surface area contributed by atoms with Gasteiger partial charge in [-0.05, 0) is 35.7 Å². The summed E-state index contributed by atoms with van der Waals surface area (Å²) in [6, 6.07) is 15.4. The molecule has 0 amide bonds. The summed E-state index contributed by atoms with van der Waals surface area (Å²) in [5.74, 6) is 0.662. The van der Waals surface area contributed by atoms with Crippen LogP contribution in [0.25, 0.3) is 0 Å². The van der Waals surface area contributed by atoms with Gasteiger partial charge in [-0.25, -0.2) is 5.01 Å². The van der Waals surface area contributed by atoms with Gasteiger partial charge in [0.1, 0.15) is 5.75 Å². The maximum absolute atomic E-state index is 6.47. The van der Waals surface area contributed by atoms with Gasteiger partial charge in [0, 0.05) is 27.6 Å². The third-order valence-corrected chi connectivity index (χ3v) is 6.40. The average molecular weight is 436 g/mol. The van der Waals surface area contributed by atoms with Gasteiger partial charge in [-0.3, -0.25) is 0 Å². The van der Waals surface area contributed by atoms with Crippen LogP contribution in [0, 0.1) is 0 Å². The van der Waals surface area contributed by atoms with Gasteiger partial charge in [0.15, 0.2) is 0 Å². The first-order valence-corrected chi connectivity index (χ1v) is 10.4. The molecule has 1 aromatic heterocycles. The van der Waals surface area contributed by atoms with E-state index in [-0.39, 0.29) is 6.04 Å². The predicted octanol–water partition coefficient (Wildman–Crippen LogP) is 6.95. The van der Waals surface area contributed by atoms with Crippen molar-refractivity contribution < 1.29 is 4.74 Å². The summed E-state index contributed by atoms with van der Waals surface area (Å²) in [5.41, 5.74) is 2.93. The molecule has 3 nitrogen and oxygen atoms in total. The molecule has 27 heavy (non-hydrogen) atoms. The van der Waals surface area contributed by atoms with Crippen LogP contribution >= 0.6 is 46.1 Å². The number of thiophene rings is 1. The molecule has 2 aliphatic rings. The summed E-state index contributed by atoms with van der Waals surface area (Å²) in [6.07, 6.45) is 0.363. The molecule has 0 radical (unpaired) electrons. The summed E-state index contributed by atoms with van der Waals surface area (Å²) in [5, 5.41) is 10.7. The monoisotopic (exact) mass is 434 g/mol. The van der Waals surface area contributed by atoms with E-state index in [1.165, 1.54) is 0 Å². The van der Waals surface area contributed by atoms with Crippen LogP contribution in [0.2, 0.25) is 15.1 Å². The van der Waals surface area contributed by atoms with Gasteiger partial charge < -0.3 is 4.74 Å². The second-order valence-corrected chi connectivity index (χ2v) is 8.68. The highest BCUT2D eigenvalue weighted by molar-refractivity contribution is 7.12. The minimum Gasteiger partial charge on any atom is -0.463 e. The van der Waals surface area contributed by atoms with Crippen LogP contribution in [0.15, 0.2) is 59.0 Å². The molecule has 0 saturated carbocycles. The lowest BCUT2D eigenvalue weighted by atomic mass is 9.97. The SMILES string of the molecule is Clc1cccc([C@H]2Oc3c(Cl)cc(Cl)cc3[C@H]3CC(c4cccs4)=NN32)c1. The predicted molar refractivity (Wildman–Crippen MR) is 111 cm³/mol. The first-order valence-electron chi connectivity index (χ1n) is 8.41. The molecular formula is C20H13Cl3N2OS. The normalized spacial score (nSPS) is 20.7. The van der Waals surface area contributed by atoms with E-state index in [0.29, 0.717) is 20.8 Å². The highest BCUT2D eigenvalue weighted by Gasteiger charge is 2.42. The van der Waals surface area contributed by atoms with Crippen molar-refractivity contribution >= 4 is 51.9 Å². The minimum atomic E-state index is -0.405. The first-order chi connectivity index (χ1) is 13.1. The summed E-state index contributed by atoms with van der Waals surface area (Å²) in [7, 11) is 0. The van der Waals surface area contributed by atoms with E-state index in [0.717, 1.165) is 28.1 Å². The summed E-state index contributed by atoms with van der Waals surface area (Å²) in [4.78, 5) is 1.16. The van der Waals surface area contributed by atoms with E-state index >= 15 is 0 Å². The number of benzene rings is 2. The van der Waals surface area contributed by atoms with E-state index in [1.54, 1.807) is 17.4 Å². The Morgan fingerprint density at radius 3 is 2.70 bits per heavy atom. The van der Waals surface area contributed by atoms with Gasteiger partial charge in [-0.1, -0.05) is 53.0 Å². The molecule has 5 rings (SSSR count). The second kappa shape index (κ2) is 6.71. The van der Waals surface area contributed by atoms with Crippen molar-refractivity contribution in [1.29, 1.82) is 0 Å². The van der Waals surface area contributed by atoms with Crippen molar-refractivity contribution in [2.24, 2.45) is 5.10 Å². The van der Waals surface area contributed by atoms with Crippen molar-refractivity contribution in [3.8, 4) is 5.75 Å². The summed E-state index contributed by atoms with van der Waals surface area (Å²) in [6.45, 7) is 0. The zero-order chi connectivity index (χ0) is 18.5. The molecule has 0 unspecified atom stereocenters. The van der Waals surface area contributed by atoms with Crippen molar-refractivity contribution in [3.63, 3.8) is 0 Å². The van der Waals surface area contributed by atoms with Crippen molar-refractivity contribution in [2.75, 3.05) is 0 Å². The zero-order valence-corrected chi connectivity index (χ0v) is 17.0. The highest BCUT2D eigenvalue weighted by atomic mass is 35.5. The van der Waals surface area contributed by atoms with Gasteiger partial charge in [-0.15, -0.1) is 11.3 Å². The maximum Gasteiger partial charge on any atom is 0.214 e. The zero-order valence-electron chi connectivity index (χ0n) is 13.9. The lowest BCUT2D eigenvalue weighted by molar-refractivity contribution is -0.0189. The van der Waals surface area contributed by atoms with Crippen LogP contribution < -0.4 is 4.74 Å². The molecule has 3 heterocycles. The molecule has 0 saturated heterocycles. The van der Waals surface area contributed by atoms with Crippen molar-refractivity contribution in [2.45, 2.75) is 18.7 Å². The third-order valence-electron chi connectivity index (χ3n) is 4.75. The van der Waals surface area contributed by atoms with E-state index < -0.39 is 6.23 Å². The molecule has 0 N–H and O–H groups in total. The Hall–Kier alpha value is -1.72. The Kier molecular flexibility index (Phi) is 4.32. The smallest absolute Gasteiger partial charge is 0.214 e. The first kappa shape index (κ1) is 17.4. The topological polar surface area (TPSA) is 24.8 Å². The Morgan fingerprint density at radius 1 is 1.04 bits per heavy atom.